The van der Waals surface area contributed by atoms with Crippen LogP contribution in [0.1, 0.15) is 44.9 Å². The number of methoxy groups -OCH3 is 2. The molecule has 1 N–H and O–H groups in total. The molecular formula is C23H32N2O5S. The largest absolute Gasteiger partial charge is 0.493 e. The van der Waals surface area contributed by atoms with Crippen LogP contribution in [0.4, 0.5) is 5.69 Å². The predicted molar refractivity (Wildman–Crippen MR) is 123 cm³/mol. The van der Waals surface area contributed by atoms with Crippen LogP contribution in [0.15, 0.2) is 42.5 Å². The molecule has 31 heavy (non-hydrogen) atoms. The van der Waals surface area contributed by atoms with Gasteiger partial charge in [0.25, 0.3) is 0 Å². The van der Waals surface area contributed by atoms with E-state index >= 15 is 0 Å². The molecule has 1 amide bonds. The van der Waals surface area contributed by atoms with Crippen LogP contribution >= 0.6 is 0 Å². The zero-order valence-electron chi connectivity index (χ0n) is 19.2. The lowest BCUT2D eigenvalue weighted by Gasteiger charge is -2.25. The van der Waals surface area contributed by atoms with E-state index in [-0.39, 0.29) is 18.0 Å². The van der Waals surface area contributed by atoms with Gasteiger partial charge in [0.2, 0.25) is 15.9 Å². The number of sulfonamides is 1. The van der Waals surface area contributed by atoms with Crippen molar-refractivity contribution >= 4 is 21.6 Å². The van der Waals surface area contributed by atoms with E-state index in [1.54, 1.807) is 38.5 Å². The van der Waals surface area contributed by atoms with Crippen LogP contribution in [0.5, 0.6) is 11.5 Å². The number of carbonyl (C=O) groups excluding carboxylic acids is 1. The number of carbonyl (C=O) groups is 1. The van der Waals surface area contributed by atoms with Crippen molar-refractivity contribution in [3.63, 3.8) is 0 Å². The van der Waals surface area contributed by atoms with Crippen LogP contribution in [0.25, 0.3) is 0 Å². The van der Waals surface area contributed by atoms with Gasteiger partial charge in [-0.15, -0.1) is 0 Å². The van der Waals surface area contributed by atoms with Crippen molar-refractivity contribution in [2.75, 3.05) is 31.3 Å². The molecule has 170 valence electrons. The van der Waals surface area contributed by atoms with Crippen molar-refractivity contribution in [1.29, 1.82) is 0 Å². The highest BCUT2D eigenvalue weighted by molar-refractivity contribution is 7.92. The molecule has 0 spiro atoms. The van der Waals surface area contributed by atoms with Crippen molar-refractivity contribution in [3.8, 4) is 11.5 Å². The fourth-order valence-corrected chi connectivity index (χ4v) is 4.01. The molecule has 0 fully saturated rings. The molecule has 8 heteroatoms. The van der Waals surface area contributed by atoms with Gasteiger partial charge in [0, 0.05) is 0 Å². The Labute approximate surface area is 185 Å². The average molecular weight is 449 g/mol. The summed E-state index contributed by atoms with van der Waals surface area (Å²) in [6.07, 6.45) is 1.09. The van der Waals surface area contributed by atoms with Gasteiger partial charge < -0.3 is 14.8 Å². The highest BCUT2D eigenvalue weighted by Crippen LogP contribution is 2.30. The summed E-state index contributed by atoms with van der Waals surface area (Å²) in [5.74, 6) is 0.733. The second kappa shape index (κ2) is 9.60. The van der Waals surface area contributed by atoms with Crippen molar-refractivity contribution in [3.05, 3.63) is 53.6 Å². The van der Waals surface area contributed by atoms with Gasteiger partial charge in [-0.3, -0.25) is 9.10 Å². The first kappa shape index (κ1) is 24.5. The smallest absolute Gasteiger partial charge is 0.241 e. The summed E-state index contributed by atoms with van der Waals surface area (Å²) in [6, 6.07) is 12.2. The second-order valence-electron chi connectivity index (χ2n) is 8.47. The lowest BCUT2D eigenvalue weighted by Crippen LogP contribution is -2.41. The van der Waals surface area contributed by atoms with Gasteiger partial charge in [0.1, 0.15) is 6.54 Å². The fraction of sp³-hybridized carbons (Fsp3) is 0.435. The molecule has 0 aromatic heterocycles. The quantitative estimate of drug-likeness (QED) is 0.666. The third-order valence-electron chi connectivity index (χ3n) is 4.99. The normalized spacial score (nSPS) is 12.7. The Kier molecular flexibility index (Phi) is 7.59. The molecule has 1 atom stereocenters. The Hall–Kier alpha value is -2.74. The molecule has 0 bridgehead atoms. The minimum Gasteiger partial charge on any atom is -0.493 e. The molecule has 0 radical (unpaired) electrons. The van der Waals surface area contributed by atoms with E-state index in [1.165, 1.54) is 0 Å². The van der Waals surface area contributed by atoms with Crippen LogP contribution < -0.4 is 19.1 Å². The van der Waals surface area contributed by atoms with E-state index < -0.39 is 15.9 Å². The lowest BCUT2D eigenvalue weighted by molar-refractivity contribution is -0.120. The van der Waals surface area contributed by atoms with E-state index in [4.69, 9.17) is 9.47 Å². The monoisotopic (exact) mass is 448 g/mol. The topological polar surface area (TPSA) is 84.9 Å². The minimum absolute atomic E-state index is 0.0549. The number of benzene rings is 2. The molecule has 0 unspecified atom stereocenters. The third kappa shape index (κ3) is 6.37. The molecule has 2 rings (SSSR count). The summed E-state index contributed by atoms with van der Waals surface area (Å²) in [6.45, 7) is 7.76. The standard InChI is InChI=1S/C23H32N2O5S/c1-16(17-8-13-20(29-5)21(14-17)30-6)24-22(26)15-25(31(7,27)28)19-11-9-18(10-12-19)23(2,3)4/h8-14,16H,15H2,1-7H3,(H,24,26)/t16-/m0/s1. The maximum Gasteiger partial charge on any atom is 0.241 e. The number of nitrogens with one attached hydrogen (secondary N) is 1. The van der Waals surface area contributed by atoms with Gasteiger partial charge in [-0.2, -0.15) is 0 Å². The van der Waals surface area contributed by atoms with Crippen LogP contribution in [-0.4, -0.2) is 41.3 Å². The Balaban J connectivity index is 2.18. The van der Waals surface area contributed by atoms with Gasteiger partial charge in [0.15, 0.2) is 11.5 Å². The Morgan fingerprint density at radius 1 is 1.03 bits per heavy atom. The van der Waals surface area contributed by atoms with Gasteiger partial charge in [-0.25, -0.2) is 8.42 Å². The summed E-state index contributed by atoms with van der Waals surface area (Å²) in [7, 11) is -0.552. The Morgan fingerprint density at radius 2 is 1.61 bits per heavy atom. The Bertz CT molecular complexity index is 1010. The maximum absolute atomic E-state index is 12.7. The highest BCUT2D eigenvalue weighted by atomic mass is 32.2. The average Bonchev–Trinajstić information content (AvgIpc) is 2.70. The van der Waals surface area contributed by atoms with E-state index in [0.29, 0.717) is 17.2 Å². The SMILES string of the molecule is COc1ccc([C@H](C)NC(=O)CN(c2ccc(C(C)(C)C)cc2)S(C)(=O)=O)cc1OC. The van der Waals surface area contributed by atoms with E-state index in [0.717, 1.165) is 21.7 Å². The molecule has 0 saturated heterocycles. The molecule has 2 aromatic carbocycles. The summed E-state index contributed by atoms with van der Waals surface area (Å²) < 4.78 is 36.4. The summed E-state index contributed by atoms with van der Waals surface area (Å²) in [4.78, 5) is 12.7. The van der Waals surface area contributed by atoms with Crippen LogP contribution in [0.2, 0.25) is 0 Å². The van der Waals surface area contributed by atoms with Crippen molar-refractivity contribution < 1.29 is 22.7 Å². The number of hydrogen-bond acceptors (Lipinski definition) is 5. The summed E-state index contributed by atoms with van der Waals surface area (Å²) in [5.41, 5.74) is 2.29. The Morgan fingerprint density at radius 3 is 2.10 bits per heavy atom. The lowest BCUT2D eigenvalue weighted by atomic mass is 9.87. The van der Waals surface area contributed by atoms with Crippen molar-refractivity contribution in [2.24, 2.45) is 0 Å². The van der Waals surface area contributed by atoms with E-state index in [9.17, 15) is 13.2 Å². The number of anilines is 1. The number of nitrogens with zero attached hydrogens (tertiary/aromatic N) is 1. The number of amides is 1. The first-order chi connectivity index (χ1) is 14.4. The molecular weight excluding hydrogens is 416 g/mol. The van der Waals surface area contributed by atoms with Gasteiger partial charge in [-0.05, 0) is 47.7 Å². The second-order valence-corrected chi connectivity index (χ2v) is 10.4. The van der Waals surface area contributed by atoms with Gasteiger partial charge in [-0.1, -0.05) is 39.0 Å². The van der Waals surface area contributed by atoms with Crippen molar-refractivity contribution in [1.82, 2.24) is 5.32 Å². The van der Waals surface area contributed by atoms with Gasteiger partial charge >= 0.3 is 0 Å². The minimum atomic E-state index is -3.65. The summed E-state index contributed by atoms with van der Waals surface area (Å²) in [5, 5.41) is 2.85. The van der Waals surface area contributed by atoms with Crippen LogP contribution in [-0.2, 0) is 20.2 Å². The molecule has 2 aromatic rings. The predicted octanol–water partition coefficient (Wildman–Crippen LogP) is 3.64. The van der Waals surface area contributed by atoms with Crippen LogP contribution in [0, 0.1) is 0 Å². The molecule has 0 aliphatic rings. The fourth-order valence-electron chi connectivity index (χ4n) is 3.15. The molecule has 7 nitrogen and oxygen atoms in total. The molecule has 0 heterocycles. The third-order valence-corrected chi connectivity index (χ3v) is 6.13. The van der Waals surface area contributed by atoms with E-state index in [2.05, 4.69) is 26.1 Å². The van der Waals surface area contributed by atoms with E-state index in [1.807, 2.05) is 25.1 Å². The van der Waals surface area contributed by atoms with Crippen LogP contribution in [0.3, 0.4) is 0 Å². The highest BCUT2D eigenvalue weighted by Gasteiger charge is 2.23. The molecule has 0 aliphatic carbocycles. The molecule has 0 aliphatic heterocycles. The van der Waals surface area contributed by atoms with Crippen molar-refractivity contribution in [2.45, 2.75) is 39.2 Å². The maximum atomic E-state index is 12.7. The number of ether oxygens (including phenoxy) is 2. The number of rotatable bonds is 8. The summed E-state index contributed by atoms with van der Waals surface area (Å²) >= 11 is 0. The van der Waals surface area contributed by atoms with Gasteiger partial charge in [0.05, 0.1) is 32.2 Å². The zero-order valence-corrected chi connectivity index (χ0v) is 20.0. The first-order valence-corrected chi connectivity index (χ1v) is 11.8. The number of hydrogen-bond donors (Lipinski definition) is 1. The first-order valence-electron chi connectivity index (χ1n) is 9.96. The zero-order chi connectivity index (χ0) is 23.4. The molecule has 0 saturated carbocycles.